The van der Waals surface area contributed by atoms with Crippen molar-refractivity contribution in [3.8, 4) is 0 Å². The van der Waals surface area contributed by atoms with Crippen molar-refractivity contribution in [3.63, 3.8) is 0 Å². The Balaban J connectivity index is 1.65. The Bertz CT molecular complexity index is 555. The Kier molecular flexibility index (Phi) is 6.15. The molecule has 2 heterocycles. The lowest BCUT2D eigenvalue weighted by molar-refractivity contribution is -0.124. The first-order valence-electron chi connectivity index (χ1n) is 8.26. The Labute approximate surface area is 137 Å². The van der Waals surface area contributed by atoms with Crippen molar-refractivity contribution in [1.29, 1.82) is 0 Å². The molecule has 0 aromatic carbocycles. The summed E-state index contributed by atoms with van der Waals surface area (Å²) >= 11 is 0. The summed E-state index contributed by atoms with van der Waals surface area (Å²) in [6.45, 7) is 7.02. The average Bonchev–Trinajstić information content (AvgIpc) is 2.85. The van der Waals surface area contributed by atoms with Crippen LogP contribution in [0.15, 0.2) is 0 Å². The number of hydrogen-bond acceptors (Lipinski definition) is 4. The van der Waals surface area contributed by atoms with E-state index in [-0.39, 0.29) is 17.7 Å². The first-order valence-corrected chi connectivity index (χ1v) is 8.26. The maximum absolute atomic E-state index is 11.9. The van der Waals surface area contributed by atoms with Crippen LogP contribution in [0.4, 0.5) is 0 Å². The van der Waals surface area contributed by atoms with E-state index in [0.29, 0.717) is 25.9 Å². The van der Waals surface area contributed by atoms with E-state index in [1.807, 2.05) is 13.8 Å². The fourth-order valence-corrected chi connectivity index (χ4v) is 2.94. The number of carbonyl (C=O) groups is 2. The Morgan fingerprint density at radius 1 is 1.43 bits per heavy atom. The molecular weight excluding hydrogens is 294 g/mol. The number of aromatic amines is 1. The second-order valence-electron chi connectivity index (χ2n) is 6.31. The fourth-order valence-electron chi connectivity index (χ4n) is 2.94. The molecule has 7 nitrogen and oxygen atoms in total. The molecule has 0 aliphatic carbocycles. The van der Waals surface area contributed by atoms with Gasteiger partial charge >= 0.3 is 0 Å². The van der Waals surface area contributed by atoms with Gasteiger partial charge in [-0.3, -0.25) is 14.7 Å². The molecule has 0 unspecified atom stereocenters. The van der Waals surface area contributed by atoms with Crippen LogP contribution >= 0.6 is 0 Å². The number of amides is 2. The zero-order valence-electron chi connectivity index (χ0n) is 14.0. The molecule has 0 bridgehead atoms. The topological polar surface area (TPSA) is 104 Å². The zero-order chi connectivity index (χ0) is 16.8. The quantitative estimate of drug-likeness (QED) is 0.670. The summed E-state index contributed by atoms with van der Waals surface area (Å²) < 4.78 is 0. The standard InChI is InChI=1S/C16H27N5O2/c1-11-12(2)19-20-14(11)5-6-15(22)18-7-9-21-8-3-4-13(10-21)16(17)23/h13H,3-10H2,1-2H3,(H2,17,23)(H,18,22)(H,19,20)/t13-/m1/s1. The van der Waals surface area contributed by atoms with Crippen LogP contribution in [-0.2, 0) is 16.0 Å². The molecular formula is C16H27N5O2. The second kappa shape index (κ2) is 8.10. The number of nitrogens with two attached hydrogens (primary N) is 1. The van der Waals surface area contributed by atoms with Crippen molar-refractivity contribution in [2.45, 2.75) is 39.5 Å². The summed E-state index contributed by atoms with van der Waals surface area (Å²) in [6, 6.07) is 0. The molecule has 0 radical (unpaired) electrons. The summed E-state index contributed by atoms with van der Waals surface area (Å²) in [4.78, 5) is 25.4. The first-order chi connectivity index (χ1) is 11.0. The van der Waals surface area contributed by atoms with E-state index in [0.717, 1.165) is 42.9 Å². The monoisotopic (exact) mass is 321 g/mol. The highest BCUT2D eigenvalue weighted by Crippen LogP contribution is 2.15. The number of aryl methyl sites for hydroxylation is 2. The minimum Gasteiger partial charge on any atom is -0.369 e. The number of hydrogen-bond donors (Lipinski definition) is 3. The fraction of sp³-hybridized carbons (Fsp3) is 0.688. The van der Waals surface area contributed by atoms with Crippen molar-refractivity contribution in [1.82, 2.24) is 20.4 Å². The third-order valence-electron chi connectivity index (χ3n) is 4.60. The van der Waals surface area contributed by atoms with Crippen LogP contribution in [0.1, 0.15) is 36.2 Å². The molecule has 0 spiro atoms. The minimum atomic E-state index is -0.219. The van der Waals surface area contributed by atoms with Crippen molar-refractivity contribution in [3.05, 3.63) is 17.0 Å². The molecule has 1 aliphatic heterocycles. The SMILES string of the molecule is Cc1[nH]nc(CCC(=O)NCCN2CCC[C@@H](C(N)=O)C2)c1C. The van der Waals surface area contributed by atoms with Gasteiger partial charge in [0.1, 0.15) is 0 Å². The van der Waals surface area contributed by atoms with Crippen LogP contribution < -0.4 is 11.1 Å². The maximum Gasteiger partial charge on any atom is 0.221 e. The lowest BCUT2D eigenvalue weighted by atomic mass is 9.97. The second-order valence-corrected chi connectivity index (χ2v) is 6.31. The highest BCUT2D eigenvalue weighted by Gasteiger charge is 2.23. The highest BCUT2D eigenvalue weighted by atomic mass is 16.2. The number of carbonyl (C=O) groups excluding carboxylic acids is 2. The number of primary amides is 1. The van der Waals surface area contributed by atoms with Crippen LogP contribution in [0.25, 0.3) is 0 Å². The van der Waals surface area contributed by atoms with E-state index >= 15 is 0 Å². The molecule has 4 N–H and O–H groups in total. The summed E-state index contributed by atoms with van der Waals surface area (Å²) in [5.74, 6) is -0.234. The molecule has 7 heteroatoms. The van der Waals surface area contributed by atoms with Gasteiger partial charge in [0.05, 0.1) is 11.6 Å². The van der Waals surface area contributed by atoms with Crippen molar-refractivity contribution in [2.75, 3.05) is 26.2 Å². The molecule has 2 rings (SSSR count). The molecule has 1 aromatic rings. The number of rotatable bonds is 7. The van der Waals surface area contributed by atoms with Gasteiger partial charge in [-0.2, -0.15) is 5.10 Å². The van der Waals surface area contributed by atoms with E-state index in [1.165, 1.54) is 0 Å². The normalized spacial score (nSPS) is 18.8. The maximum atomic E-state index is 11.9. The number of likely N-dealkylation sites (tertiary alicyclic amines) is 1. The van der Waals surface area contributed by atoms with Crippen LogP contribution in [0, 0.1) is 19.8 Å². The van der Waals surface area contributed by atoms with Gasteiger partial charge < -0.3 is 16.0 Å². The van der Waals surface area contributed by atoms with Gasteiger partial charge in [-0.25, -0.2) is 0 Å². The number of piperidine rings is 1. The van der Waals surface area contributed by atoms with Crippen LogP contribution in [0.5, 0.6) is 0 Å². The van der Waals surface area contributed by atoms with Crippen LogP contribution in [0.2, 0.25) is 0 Å². The van der Waals surface area contributed by atoms with Gasteiger partial charge in [-0.05, 0) is 38.8 Å². The van der Waals surface area contributed by atoms with Gasteiger partial charge in [0.25, 0.3) is 0 Å². The first kappa shape index (κ1) is 17.5. The number of aromatic nitrogens is 2. The van der Waals surface area contributed by atoms with Gasteiger partial charge in [0.2, 0.25) is 11.8 Å². The van der Waals surface area contributed by atoms with Crippen molar-refractivity contribution in [2.24, 2.45) is 11.7 Å². The summed E-state index contributed by atoms with van der Waals surface area (Å²) in [6.07, 6.45) is 2.95. The lowest BCUT2D eigenvalue weighted by Crippen LogP contribution is -2.44. The number of nitrogens with one attached hydrogen (secondary N) is 2. The Hall–Kier alpha value is -1.89. The minimum absolute atomic E-state index is 0.0357. The molecule has 1 aromatic heterocycles. The number of H-pyrrole nitrogens is 1. The predicted molar refractivity (Wildman–Crippen MR) is 87.8 cm³/mol. The molecule has 2 amide bonds. The van der Waals surface area contributed by atoms with Gasteiger partial charge in [0, 0.05) is 38.2 Å². The average molecular weight is 321 g/mol. The third kappa shape index (κ3) is 5.06. The molecule has 1 aliphatic rings. The molecule has 1 saturated heterocycles. The molecule has 23 heavy (non-hydrogen) atoms. The van der Waals surface area contributed by atoms with Crippen LogP contribution in [0.3, 0.4) is 0 Å². The molecule has 0 saturated carbocycles. The van der Waals surface area contributed by atoms with E-state index in [4.69, 9.17) is 5.73 Å². The van der Waals surface area contributed by atoms with Gasteiger partial charge in [-0.1, -0.05) is 0 Å². The lowest BCUT2D eigenvalue weighted by Gasteiger charge is -2.31. The smallest absolute Gasteiger partial charge is 0.221 e. The Morgan fingerprint density at radius 2 is 2.22 bits per heavy atom. The largest absolute Gasteiger partial charge is 0.369 e. The van der Waals surface area contributed by atoms with E-state index < -0.39 is 0 Å². The third-order valence-corrected chi connectivity index (χ3v) is 4.60. The highest BCUT2D eigenvalue weighted by molar-refractivity contribution is 5.77. The Morgan fingerprint density at radius 3 is 2.87 bits per heavy atom. The van der Waals surface area contributed by atoms with Crippen molar-refractivity contribution < 1.29 is 9.59 Å². The predicted octanol–water partition coefficient (Wildman–Crippen LogP) is 0.273. The zero-order valence-corrected chi connectivity index (χ0v) is 14.0. The summed E-state index contributed by atoms with van der Waals surface area (Å²) in [5, 5.41) is 10.1. The van der Waals surface area contributed by atoms with Crippen LogP contribution in [-0.4, -0.2) is 53.1 Å². The summed E-state index contributed by atoms with van der Waals surface area (Å²) in [7, 11) is 0. The summed E-state index contributed by atoms with van der Waals surface area (Å²) in [5.41, 5.74) is 8.51. The van der Waals surface area contributed by atoms with Gasteiger partial charge in [0.15, 0.2) is 0 Å². The van der Waals surface area contributed by atoms with E-state index in [1.54, 1.807) is 0 Å². The van der Waals surface area contributed by atoms with E-state index in [9.17, 15) is 9.59 Å². The van der Waals surface area contributed by atoms with Crippen molar-refractivity contribution >= 4 is 11.8 Å². The number of nitrogens with zero attached hydrogens (tertiary/aromatic N) is 2. The van der Waals surface area contributed by atoms with E-state index in [2.05, 4.69) is 20.4 Å². The molecule has 1 fully saturated rings. The van der Waals surface area contributed by atoms with Gasteiger partial charge in [-0.15, -0.1) is 0 Å². The molecule has 1 atom stereocenters. The molecule has 128 valence electrons.